The number of thiocarbonyl (C=S) groups is 1. The minimum atomic E-state index is 0.0702. The molecule has 2 fully saturated rings. The summed E-state index contributed by atoms with van der Waals surface area (Å²) < 4.78 is 0.0702. The second-order valence-corrected chi connectivity index (χ2v) is 7.44. The summed E-state index contributed by atoms with van der Waals surface area (Å²) >= 11 is 7.10. The van der Waals surface area contributed by atoms with E-state index in [-0.39, 0.29) is 4.75 Å². The minimum absolute atomic E-state index is 0.0702. The van der Waals surface area contributed by atoms with Gasteiger partial charge < -0.3 is 15.5 Å². The van der Waals surface area contributed by atoms with E-state index in [1.807, 2.05) is 11.8 Å². The molecular formula is C14H27N3S2. The quantitative estimate of drug-likeness (QED) is 0.758. The van der Waals surface area contributed by atoms with Crippen molar-refractivity contribution in [3.05, 3.63) is 0 Å². The van der Waals surface area contributed by atoms with Crippen LogP contribution >= 0.6 is 24.0 Å². The number of thioether (sulfide) groups is 1. The maximum atomic E-state index is 5.93. The van der Waals surface area contributed by atoms with Gasteiger partial charge >= 0.3 is 0 Å². The van der Waals surface area contributed by atoms with Gasteiger partial charge in [0.25, 0.3) is 0 Å². The highest BCUT2D eigenvalue weighted by Crippen LogP contribution is 2.34. The first-order chi connectivity index (χ1) is 9.16. The highest BCUT2D eigenvalue weighted by molar-refractivity contribution is 8.02. The third kappa shape index (κ3) is 4.06. The molecule has 2 N–H and O–H groups in total. The second kappa shape index (κ2) is 7.25. The summed E-state index contributed by atoms with van der Waals surface area (Å²) in [6, 6.07) is 0. The van der Waals surface area contributed by atoms with Crippen LogP contribution in [0, 0.1) is 0 Å². The van der Waals surface area contributed by atoms with Crippen molar-refractivity contribution >= 4 is 29.0 Å². The topological polar surface area (TPSA) is 32.5 Å². The van der Waals surface area contributed by atoms with Gasteiger partial charge in [0.05, 0.1) is 9.74 Å². The van der Waals surface area contributed by atoms with Crippen molar-refractivity contribution in [2.75, 3.05) is 45.5 Å². The number of likely N-dealkylation sites (tertiary alicyclic amines) is 2. The van der Waals surface area contributed by atoms with Crippen LogP contribution in [0.1, 0.15) is 32.1 Å². The Morgan fingerprint density at radius 1 is 1.11 bits per heavy atom. The van der Waals surface area contributed by atoms with Crippen LogP contribution in [-0.2, 0) is 0 Å². The van der Waals surface area contributed by atoms with Crippen LogP contribution in [-0.4, -0.2) is 65.1 Å². The highest BCUT2D eigenvalue weighted by Gasteiger charge is 2.36. The lowest BCUT2D eigenvalue weighted by Crippen LogP contribution is -2.49. The Bertz CT molecular complexity index is 295. The molecule has 2 aliphatic rings. The van der Waals surface area contributed by atoms with Gasteiger partial charge in [-0.3, -0.25) is 0 Å². The van der Waals surface area contributed by atoms with Crippen molar-refractivity contribution in [3.63, 3.8) is 0 Å². The molecule has 0 saturated carbocycles. The number of nitrogens with zero attached hydrogens (tertiary/aromatic N) is 2. The lowest BCUT2D eigenvalue weighted by atomic mass is 9.95. The van der Waals surface area contributed by atoms with Gasteiger partial charge in [-0.15, -0.1) is 0 Å². The summed E-state index contributed by atoms with van der Waals surface area (Å²) in [4.78, 5) is 5.89. The molecule has 2 heterocycles. The minimum Gasteiger partial charge on any atom is -0.392 e. The van der Waals surface area contributed by atoms with Crippen molar-refractivity contribution in [1.82, 2.24) is 9.80 Å². The van der Waals surface area contributed by atoms with Gasteiger partial charge in [-0.25, -0.2) is 0 Å². The molecule has 0 unspecified atom stereocenters. The maximum absolute atomic E-state index is 5.93. The number of piperidine rings is 1. The van der Waals surface area contributed by atoms with E-state index in [9.17, 15) is 0 Å². The van der Waals surface area contributed by atoms with Crippen LogP contribution in [0.3, 0.4) is 0 Å². The number of nitrogens with two attached hydrogens (primary N) is 1. The molecule has 2 saturated heterocycles. The average molecular weight is 302 g/mol. The Morgan fingerprint density at radius 2 is 1.63 bits per heavy atom. The fourth-order valence-electron chi connectivity index (χ4n) is 3.21. The average Bonchev–Trinajstić information content (AvgIpc) is 2.92. The predicted octanol–water partition coefficient (Wildman–Crippen LogP) is 1.96. The second-order valence-electron chi connectivity index (χ2n) is 5.81. The third-order valence-corrected chi connectivity index (χ3v) is 6.58. The lowest BCUT2D eigenvalue weighted by molar-refractivity contribution is 0.205. The van der Waals surface area contributed by atoms with E-state index in [0.29, 0.717) is 4.99 Å². The summed E-state index contributed by atoms with van der Waals surface area (Å²) in [6.07, 6.45) is 8.48. The van der Waals surface area contributed by atoms with Gasteiger partial charge in [-0.05, 0) is 77.6 Å². The Kier molecular flexibility index (Phi) is 5.93. The van der Waals surface area contributed by atoms with Crippen LogP contribution in [0.5, 0.6) is 0 Å². The van der Waals surface area contributed by atoms with Crippen molar-refractivity contribution in [2.45, 2.75) is 36.9 Å². The summed E-state index contributed by atoms with van der Waals surface area (Å²) in [6.45, 7) is 7.45. The SMILES string of the molecule is CSC1(C(N)=S)CCN(CCCN2CCCC2)CC1. The monoisotopic (exact) mass is 301 g/mol. The molecule has 0 spiro atoms. The fraction of sp³-hybridized carbons (Fsp3) is 0.929. The normalized spacial score (nSPS) is 24.7. The number of hydrogen-bond donors (Lipinski definition) is 1. The molecule has 2 aliphatic heterocycles. The predicted molar refractivity (Wildman–Crippen MR) is 89.0 cm³/mol. The van der Waals surface area contributed by atoms with Crippen LogP contribution < -0.4 is 5.73 Å². The van der Waals surface area contributed by atoms with Crippen LogP contribution in [0.15, 0.2) is 0 Å². The number of rotatable bonds is 6. The van der Waals surface area contributed by atoms with E-state index in [1.54, 1.807) is 0 Å². The molecule has 5 heteroatoms. The zero-order valence-electron chi connectivity index (χ0n) is 12.1. The first-order valence-corrected chi connectivity index (χ1v) is 9.09. The molecule has 110 valence electrons. The summed E-state index contributed by atoms with van der Waals surface area (Å²) in [5.41, 5.74) is 5.93. The Labute approximate surface area is 127 Å². The summed E-state index contributed by atoms with van der Waals surface area (Å²) in [5, 5.41) is 0. The van der Waals surface area contributed by atoms with E-state index in [4.69, 9.17) is 18.0 Å². The molecule has 0 radical (unpaired) electrons. The molecule has 0 aromatic heterocycles. The molecule has 0 aliphatic carbocycles. The van der Waals surface area contributed by atoms with Gasteiger partial charge in [0.1, 0.15) is 0 Å². The molecule has 0 atom stereocenters. The van der Waals surface area contributed by atoms with Gasteiger partial charge in [-0.2, -0.15) is 11.8 Å². The van der Waals surface area contributed by atoms with Crippen molar-refractivity contribution in [2.24, 2.45) is 5.73 Å². The van der Waals surface area contributed by atoms with E-state index < -0.39 is 0 Å². The van der Waals surface area contributed by atoms with E-state index in [1.165, 1.54) is 45.4 Å². The molecule has 0 bridgehead atoms. The van der Waals surface area contributed by atoms with Crippen molar-refractivity contribution < 1.29 is 0 Å². The summed E-state index contributed by atoms with van der Waals surface area (Å²) in [7, 11) is 0. The van der Waals surface area contributed by atoms with E-state index >= 15 is 0 Å². The molecule has 3 nitrogen and oxygen atoms in total. The standard InChI is InChI=1S/C14H27N3S2/c1-19-14(13(15)18)5-11-17(12-6-14)10-4-9-16-7-2-3-8-16/h2-12H2,1H3,(H2,15,18). The fourth-order valence-corrected chi connectivity index (χ4v) is 4.46. The van der Waals surface area contributed by atoms with Crippen LogP contribution in [0.4, 0.5) is 0 Å². The smallest absolute Gasteiger partial charge is 0.0891 e. The summed E-state index contributed by atoms with van der Waals surface area (Å²) in [5.74, 6) is 0. The van der Waals surface area contributed by atoms with Crippen molar-refractivity contribution in [1.29, 1.82) is 0 Å². The Hall–Kier alpha value is 0.160. The zero-order valence-corrected chi connectivity index (χ0v) is 13.7. The first kappa shape index (κ1) is 15.5. The molecule has 0 aromatic rings. The van der Waals surface area contributed by atoms with Gasteiger partial charge in [0.2, 0.25) is 0 Å². The molecular weight excluding hydrogens is 274 g/mol. The molecule has 0 amide bonds. The van der Waals surface area contributed by atoms with Crippen LogP contribution in [0.25, 0.3) is 0 Å². The van der Waals surface area contributed by atoms with Gasteiger partial charge in [0.15, 0.2) is 0 Å². The zero-order chi connectivity index (χ0) is 13.7. The maximum Gasteiger partial charge on any atom is 0.0891 e. The first-order valence-electron chi connectivity index (χ1n) is 7.46. The Morgan fingerprint density at radius 3 is 2.11 bits per heavy atom. The lowest BCUT2D eigenvalue weighted by Gasteiger charge is -2.40. The van der Waals surface area contributed by atoms with Crippen molar-refractivity contribution in [3.8, 4) is 0 Å². The van der Waals surface area contributed by atoms with E-state index in [2.05, 4.69) is 16.1 Å². The molecule has 2 rings (SSSR count). The van der Waals surface area contributed by atoms with Gasteiger partial charge in [0, 0.05) is 0 Å². The molecule has 0 aromatic carbocycles. The molecule has 19 heavy (non-hydrogen) atoms. The van der Waals surface area contributed by atoms with E-state index in [0.717, 1.165) is 25.9 Å². The van der Waals surface area contributed by atoms with Crippen LogP contribution in [0.2, 0.25) is 0 Å². The third-order valence-electron chi connectivity index (χ3n) is 4.65. The Balaban J connectivity index is 1.66. The largest absolute Gasteiger partial charge is 0.392 e. The number of hydrogen-bond acceptors (Lipinski definition) is 4. The highest BCUT2D eigenvalue weighted by atomic mass is 32.2. The van der Waals surface area contributed by atoms with Gasteiger partial charge in [-0.1, -0.05) is 12.2 Å².